The number of halogens is 1. The zero-order chi connectivity index (χ0) is 26.7. The normalized spacial score (nSPS) is 15.7. The fourth-order valence-electron chi connectivity index (χ4n) is 4.73. The standard InChI is InChI=1S/C28H29ClN4O4S/c29-22-13-23-26(32-27(30-23)38-15-24(36)37)31-25(22)21-7-5-20(6-8-21)19-3-1-18(2-4-19)14-33-11-9-28(16-34,17-35)10-12-33/h1-8,13,34-35H,9-12,14-17H2,(H,36,37)(H,30,31,32). The largest absolute Gasteiger partial charge is 0.481 e. The van der Waals surface area contributed by atoms with E-state index in [1.54, 1.807) is 6.07 Å². The Labute approximate surface area is 229 Å². The van der Waals surface area contributed by atoms with E-state index in [-0.39, 0.29) is 24.4 Å². The van der Waals surface area contributed by atoms with Crippen molar-refractivity contribution in [1.82, 2.24) is 19.9 Å². The molecule has 0 aliphatic carbocycles. The molecule has 198 valence electrons. The Hall–Kier alpha value is -2.95. The number of fused-ring (bicyclic) bond motifs is 1. The number of thioether (sulfide) groups is 1. The van der Waals surface area contributed by atoms with Crippen LogP contribution in [0, 0.1) is 5.41 Å². The molecule has 5 rings (SSSR count). The number of carboxylic acid groups (broad SMARTS) is 1. The number of carboxylic acids is 1. The number of aliphatic hydroxyl groups excluding tert-OH is 2. The minimum Gasteiger partial charge on any atom is -0.481 e. The van der Waals surface area contributed by atoms with Gasteiger partial charge in [-0.3, -0.25) is 9.69 Å². The van der Waals surface area contributed by atoms with E-state index in [4.69, 9.17) is 16.7 Å². The molecule has 4 aromatic rings. The highest BCUT2D eigenvalue weighted by atomic mass is 35.5. The van der Waals surface area contributed by atoms with Crippen LogP contribution in [-0.2, 0) is 11.3 Å². The number of nitrogens with zero attached hydrogens (tertiary/aromatic N) is 3. The lowest BCUT2D eigenvalue weighted by molar-refractivity contribution is -0.133. The Kier molecular flexibility index (Phi) is 8.01. The van der Waals surface area contributed by atoms with E-state index >= 15 is 0 Å². The van der Waals surface area contributed by atoms with Crippen LogP contribution in [0.15, 0.2) is 59.8 Å². The lowest BCUT2D eigenvalue weighted by atomic mass is 9.80. The molecule has 4 N–H and O–H groups in total. The van der Waals surface area contributed by atoms with E-state index in [1.807, 2.05) is 24.3 Å². The quantitative estimate of drug-likeness (QED) is 0.221. The zero-order valence-corrected chi connectivity index (χ0v) is 22.3. The van der Waals surface area contributed by atoms with Gasteiger partial charge in [-0.1, -0.05) is 71.9 Å². The van der Waals surface area contributed by atoms with E-state index in [0.29, 0.717) is 27.0 Å². The fraction of sp³-hybridized carbons (Fsp3) is 0.321. The van der Waals surface area contributed by atoms with Crippen molar-refractivity contribution in [3.05, 3.63) is 65.2 Å². The van der Waals surface area contributed by atoms with Gasteiger partial charge in [-0.15, -0.1) is 0 Å². The van der Waals surface area contributed by atoms with E-state index in [0.717, 1.165) is 60.9 Å². The number of nitrogens with one attached hydrogen (secondary N) is 1. The number of rotatable bonds is 9. The predicted molar refractivity (Wildman–Crippen MR) is 149 cm³/mol. The van der Waals surface area contributed by atoms with Gasteiger partial charge in [0.15, 0.2) is 10.8 Å². The molecule has 2 aromatic carbocycles. The second-order valence-electron chi connectivity index (χ2n) is 9.78. The van der Waals surface area contributed by atoms with Gasteiger partial charge < -0.3 is 20.3 Å². The summed E-state index contributed by atoms with van der Waals surface area (Å²) in [5.41, 5.74) is 5.73. The summed E-state index contributed by atoms with van der Waals surface area (Å²) in [6.07, 6.45) is 1.61. The highest BCUT2D eigenvalue weighted by Crippen LogP contribution is 2.33. The lowest BCUT2D eigenvalue weighted by Gasteiger charge is -2.39. The summed E-state index contributed by atoms with van der Waals surface area (Å²) < 4.78 is 0. The molecule has 0 spiro atoms. The molecule has 1 aliphatic heterocycles. The summed E-state index contributed by atoms with van der Waals surface area (Å²) in [5, 5.41) is 29.1. The summed E-state index contributed by atoms with van der Waals surface area (Å²) in [6.45, 7) is 2.67. The molecule has 1 fully saturated rings. The summed E-state index contributed by atoms with van der Waals surface area (Å²) in [5.74, 6) is -0.996. The first-order chi connectivity index (χ1) is 18.4. The van der Waals surface area contributed by atoms with Crippen LogP contribution >= 0.6 is 23.4 Å². The first-order valence-corrected chi connectivity index (χ1v) is 13.8. The number of pyridine rings is 1. The first-order valence-electron chi connectivity index (χ1n) is 12.4. The second-order valence-corrected chi connectivity index (χ2v) is 11.2. The minimum atomic E-state index is -0.910. The third-order valence-electron chi connectivity index (χ3n) is 7.18. The number of aliphatic hydroxyl groups is 2. The highest BCUT2D eigenvalue weighted by Gasteiger charge is 2.33. The topological polar surface area (TPSA) is 123 Å². The lowest BCUT2D eigenvalue weighted by Crippen LogP contribution is -2.43. The molecule has 0 amide bonds. The van der Waals surface area contributed by atoms with E-state index in [9.17, 15) is 15.0 Å². The Morgan fingerprint density at radius 3 is 2.18 bits per heavy atom. The number of imidazole rings is 1. The van der Waals surface area contributed by atoms with Crippen LogP contribution < -0.4 is 0 Å². The van der Waals surface area contributed by atoms with Crippen molar-refractivity contribution in [3.8, 4) is 22.4 Å². The van der Waals surface area contributed by atoms with Crippen LogP contribution in [0.25, 0.3) is 33.5 Å². The monoisotopic (exact) mass is 552 g/mol. The third-order valence-corrected chi connectivity index (χ3v) is 8.32. The highest BCUT2D eigenvalue weighted by molar-refractivity contribution is 7.99. The summed E-state index contributed by atoms with van der Waals surface area (Å²) in [7, 11) is 0. The SMILES string of the molecule is O=C(O)CSc1nc2nc(-c3ccc(-c4ccc(CN5CCC(CO)(CO)CC5)cc4)cc3)c(Cl)cc2[nH]1. The van der Waals surface area contributed by atoms with Crippen LogP contribution in [0.1, 0.15) is 18.4 Å². The number of piperidine rings is 1. The number of likely N-dealkylation sites (tertiary alicyclic amines) is 1. The molecule has 38 heavy (non-hydrogen) atoms. The van der Waals surface area contributed by atoms with Crippen LogP contribution in [0.2, 0.25) is 5.02 Å². The maximum atomic E-state index is 10.8. The van der Waals surface area contributed by atoms with Crippen LogP contribution in [-0.4, -0.2) is 73.2 Å². The number of H-pyrrole nitrogens is 1. The molecule has 10 heteroatoms. The molecule has 2 aromatic heterocycles. The molecule has 0 saturated carbocycles. The fourth-order valence-corrected chi connectivity index (χ4v) is 5.58. The molecule has 8 nitrogen and oxygen atoms in total. The maximum absolute atomic E-state index is 10.8. The number of hydrogen-bond donors (Lipinski definition) is 4. The Morgan fingerprint density at radius 1 is 0.974 bits per heavy atom. The second kappa shape index (κ2) is 11.4. The number of benzene rings is 2. The number of aromatic nitrogens is 3. The molecular formula is C28H29ClN4O4S. The van der Waals surface area contributed by atoms with E-state index in [1.165, 1.54) is 5.56 Å². The van der Waals surface area contributed by atoms with Gasteiger partial charge in [0.2, 0.25) is 0 Å². The third kappa shape index (κ3) is 5.87. The van der Waals surface area contributed by atoms with Crippen LogP contribution in [0.3, 0.4) is 0 Å². The van der Waals surface area contributed by atoms with Crippen molar-refractivity contribution in [2.45, 2.75) is 24.5 Å². The Balaban J connectivity index is 1.26. The van der Waals surface area contributed by atoms with Crippen molar-refractivity contribution in [2.75, 3.05) is 32.1 Å². The van der Waals surface area contributed by atoms with Gasteiger partial charge in [0.1, 0.15) is 0 Å². The van der Waals surface area contributed by atoms with Gasteiger partial charge in [0.25, 0.3) is 0 Å². The van der Waals surface area contributed by atoms with Gasteiger partial charge in [-0.25, -0.2) is 9.97 Å². The zero-order valence-electron chi connectivity index (χ0n) is 20.7. The Morgan fingerprint density at radius 2 is 1.58 bits per heavy atom. The van der Waals surface area contributed by atoms with Crippen molar-refractivity contribution in [3.63, 3.8) is 0 Å². The predicted octanol–water partition coefficient (Wildman–Crippen LogP) is 4.69. The first kappa shape index (κ1) is 26.6. The van der Waals surface area contributed by atoms with Crippen LogP contribution in [0.4, 0.5) is 0 Å². The molecule has 0 unspecified atom stereocenters. The minimum absolute atomic E-state index is 0.0411. The van der Waals surface area contributed by atoms with Gasteiger partial charge >= 0.3 is 5.97 Å². The smallest absolute Gasteiger partial charge is 0.313 e. The van der Waals surface area contributed by atoms with Crippen molar-refractivity contribution < 1.29 is 20.1 Å². The van der Waals surface area contributed by atoms with Crippen molar-refractivity contribution >= 4 is 40.5 Å². The molecule has 0 bridgehead atoms. The number of aromatic amines is 1. The van der Waals surface area contributed by atoms with Gasteiger partial charge in [0, 0.05) is 17.5 Å². The number of hydrogen-bond acceptors (Lipinski definition) is 7. The average Bonchev–Trinajstić information content (AvgIpc) is 3.34. The summed E-state index contributed by atoms with van der Waals surface area (Å²) in [6, 6.07) is 18.4. The van der Waals surface area contributed by atoms with E-state index in [2.05, 4.69) is 44.1 Å². The van der Waals surface area contributed by atoms with Gasteiger partial charge in [0.05, 0.1) is 35.2 Å². The molecule has 1 aliphatic rings. The molecule has 0 atom stereocenters. The average molecular weight is 553 g/mol. The van der Waals surface area contributed by atoms with Crippen molar-refractivity contribution in [1.29, 1.82) is 0 Å². The molecule has 1 saturated heterocycles. The van der Waals surface area contributed by atoms with E-state index < -0.39 is 5.97 Å². The van der Waals surface area contributed by atoms with Crippen molar-refractivity contribution in [2.24, 2.45) is 5.41 Å². The van der Waals surface area contributed by atoms with Crippen LogP contribution in [0.5, 0.6) is 0 Å². The van der Waals surface area contributed by atoms with Gasteiger partial charge in [-0.2, -0.15) is 0 Å². The van der Waals surface area contributed by atoms with Gasteiger partial charge in [-0.05, 0) is 48.7 Å². The summed E-state index contributed by atoms with van der Waals surface area (Å²) in [4.78, 5) is 25.3. The number of carbonyl (C=O) groups is 1. The molecule has 0 radical (unpaired) electrons. The Bertz CT molecular complexity index is 1410. The summed E-state index contributed by atoms with van der Waals surface area (Å²) >= 11 is 7.62. The number of aliphatic carboxylic acids is 1. The molecule has 3 heterocycles. The molecular weight excluding hydrogens is 524 g/mol. The maximum Gasteiger partial charge on any atom is 0.313 e.